The first kappa shape index (κ1) is 8.38. The van der Waals surface area contributed by atoms with Crippen molar-refractivity contribution in [2.24, 2.45) is 4.99 Å². The Morgan fingerprint density at radius 1 is 1.23 bits per heavy atom. The van der Waals surface area contributed by atoms with E-state index in [1.54, 1.807) is 12.1 Å². The molecule has 1 N–H and O–H groups in total. The number of hydrogen-bond donors (Lipinski definition) is 1. The average Bonchev–Trinajstić information content (AvgIpc) is 2.54. The highest BCUT2D eigenvalue weighted by Crippen LogP contribution is 2.53. The molecule has 0 radical (unpaired) electrons. The Kier molecular flexibility index (Phi) is 1.88. The van der Waals surface area contributed by atoms with E-state index in [4.69, 9.17) is 5.11 Å². The Morgan fingerprint density at radius 3 is 2.46 bits per heavy atom. The van der Waals surface area contributed by atoms with Crippen LogP contribution in [0.15, 0.2) is 45.8 Å². The lowest BCUT2D eigenvalue weighted by Crippen LogP contribution is -1.92. The van der Waals surface area contributed by atoms with Crippen LogP contribution in [0.5, 0.6) is 5.75 Å². The van der Waals surface area contributed by atoms with Crippen LogP contribution in [0.4, 0.5) is 0 Å². The zero-order valence-corrected chi connectivity index (χ0v) is 8.16. The van der Waals surface area contributed by atoms with Gasteiger partial charge in [-0.1, -0.05) is 0 Å². The van der Waals surface area contributed by atoms with Gasteiger partial charge < -0.3 is 5.11 Å². The van der Waals surface area contributed by atoms with Crippen LogP contribution in [-0.4, -0.2) is 16.9 Å². The summed E-state index contributed by atoms with van der Waals surface area (Å²) in [5, 5.41) is 11.3. The number of phenols is 1. The maximum absolute atomic E-state index is 9.14. The number of aromatic hydroxyl groups is 1. The molecule has 1 aromatic rings. The van der Waals surface area contributed by atoms with Crippen LogP contribution >= 0.6 is 10.0 Å². The molecule has 68 valence electrons. The number of benzene rings is 1. The third kappa shape index (κ3) is 1.47. The van der Waals surface area contributed by atoms with E-state index in [-0.39, 0.29) is 0 Å². The lowest BCUT2D eigenvalue weighted by Gasteiger charge is -2.24. The molecule has 1 atom stereocenters. The molecular weight excluding hydrogens is 182 g/mol. The van der Waals surface area contributed by atoms with E-state index in [0.29, 0.717) is 5.75 Å². The summed E-state index contributed by atoms with van der Waals surface area (Å²) in [5.41, 5.74) is 1.99. The zero-order chi connectivity index (χ0) is 9.31. The molecule has 0 fully saturated rings. The minimum absolute atomic E-state index is 0.311. The monoisotopic (exact) mass is 193 g/mol. The predicted octanol–water partition coefficient (Wildman–Crippen LogP) is 2.70. The van der Waals surface area contributed by atoms with Crippen LogP contribution in [-0.2, 0) is 0 Å². The van der Waals surface area contributed by atoms with Gasteiger partial charge in [0, 0.05) is 6.20 Å². The van der Waals surface area contributed by atoms with Gasteiger partial charge in [0.05, 0.1) is 5.55 Å². The van der Waals surface area contributed by atoms with Crippen LogP contribution in [0, 0.1) is 0 Å². The first-order valence-corrected chi connectivity index (χ1v) is 6.15. The van der Waals surface area contributed by atoms with E-state index in [1.165, 1.54) is 4.90 Å². The summed E-state index contributed by atoms with van der Waals surface area (Å²) in [6.07, 6.45) is 4.01. The van der Waals surface area contributed by atoms with Crippen molar-refractivity contribution in [2.75, 3.05) is 6.26 Å². The van der Waals surface area contributed by atoms with Crippen LogP contribution in [0.1, 0.15) is 0 Å². The van der Waals surface area contributed by atoms with Crippen molar-refractivity contribution in [3.05, 3.63) is 35.9 Å². The van der Waals surface area contributed by atoms with E-state index < -0.39 is 10.0 Å². The van der Waals surface area contributed by atoms with Gasteiger partial charge in [0.15, 0.2) is 0 Å². The van der Waals surface area contributed by atoms with Gasteiger partial charge in [-0.15, -0.1) is 0 Å². The highest BCUT2D eigenvalue weighted by molar-refractivity contribution is 8.46. The standard InChI is InChI=1S/C10H11NOS/c1-13(7-6-11-8-13)10-4-2-9(12)3-5-10/h2-8,12H,1H3. The second-order valence-electron chi connectivity index (χ2n) is 3.08. The van der Waals surface area contributed by atoms with E-state index >= 15 is 0 Å². The fourth-order valence-corrected chi connectivity index (χ4v) is 2.95. The van der Waals surface area contributed by atoms with Gasteiger partial charge in [-0.2, -0.15) is 10.0 Å². The maximum Gasteiger partial charge on any atom is 0.115 e. The molecule has 1 unspecified atom stereocenters. The van der Waals surface area contributed by atoms with Gasteiger partial charge in [0.1, 0.15) is 5.75 Å². The molecule has 0 spiro atoms. The first-order chi connectivity index (χ1) is 6.21. The Labute approximate surface area is 78.9 Å². The molecule has 0 saturated carbocycles. The summed E-state index contributed by atoms with van der Waals surface area (Å²) >= 11 is 0. The molecule has 1 aliphatic rings. The highest BCUT2D eigenvalue weighted by atomic mass is 32.3. The van der Waals surface area contributed by atoms with Crippen molar-refractivity contribution in [3.63, 3.8) is 0 Å². The fraction of sp³-hybridized carbons (Fsp3) is 0.100. The van der Waals surface area contributed by atoms with Crippen LogP contribution in [0.3, 0.4) is 0 Å². The number of nitrogens with zero attached hydrogens (tertiary/aromatic N) is 1. The third-order valence-electron chi connectivity index (χ3n) is 2.05. The molecule has 0 amide bonds. The number of rotatable bonds is 1. The minimum atomic E-state index is -0.983. The number of phenolic OH excluding ortho intramolecular Hbond substituents is 1. The van der Waals surface area contributed by atoms with Gasteiger partial charge in [-0.25, -0.2) is 0 Å². The molecule has 2 nitrogen and oxygen atoms in total. The molecule has 0 saturated heterocycles. The number of hydrogen-bond acceptors (Lipinski definition) is 2. The summed E-state index contributed by atoms with van der Waals surface area (Å²) in [5.74, 6) is 0.311. The summed E-state index contributed by atoms with van der Waals surface area (Å²) in [4.78, 5) is 5.33. The molecule has 1 heterocycles. The van der Waals surface area contributed by atoms with Crippen LogP contribution in [0.25, 0.3) is 0 Å². The zero-order valence-electron chi connectivity index (χ0n) is 7.34. The van der Waals surface area contributed by atoms with Crippen LogP contribution in [0.2, 0.25) is 0 Å². The maximum atomic E-state index is 9.14. The summed E-state index contributed by atoms with van der Waals surface area (Å²) < 4.78 is 0. The molecular formula is C10H11NOS. The van der Waals surface area contributed by atoms with E-state index in [0.717, 1.165) is 0 Å². The Bertz CT molecular complexity index is 355. The van der Waals surface area contributed by atoms with Crippen molar-refractivity contribution in [3.8, 4) is 5.75 Å². The molecule has 1 aliphatic heterocycles. The summed E-state index contributed by atoms with van der Waals surface area (Å²) in [6.45, 7) is 0. The Hall–Kier alpha value is -1.22. The normalized spacial score (nSPS) is 30.2. The minimum Gasteiger partial charge on any atom is -0.508 e. The molecule has 0 aromatic heterocycles. The van der Waals surface area contributed by atoms with E-state index in [2.05, 4.69) is 16.7 Å². The van der Waals surface area contributed by atoms with Gasteiger partial charge in [0.2, 0.25) is 0 Å². The summed E-state index contributed by atoms with van der Waals surface area (Å²) in [7, 11) is -0.983. The van der Waals surface area contributed by atoms with E-state index in [1.807, 2.05) is 23.9 Å². The van der Waals surface area contributed by atoms with Gasteiger partial charge >= 0.3 is 0 Å². The second kappa shape index (κ2) is 2.92. The molecule has 13 heavy (non-hydrogen) atoms. The summed E-state index contributed by atoms with van der Waals surface area (Å²) in [6, 6.07) is 7.33. The van der Waals surface area contributed by atoms with Crippen molar-refractivity contribution in [1.82, 2.24) is 0 Å². The smallest absolute Gasteiger partial charge is 0.115 e. The molecule has 1 aromatic carbocycles. The molecule has 0 aliphatic carbocycles. The quantitative estimate of drug-likeness (QED) is 0.730. The van der Waals surface area contributed by atoms with Crippen LogP contribution < -0.4 is 0 Å². The average molecular weight is 193 g/mol. The second-order valence-corrected chi connectivity index (χ2v) is 6.13. The fourth-order valence-electron chi connectivity index (χ4n) is 1.24. The third-order valence-corrected chi connectivity index (χ3v) is 4.59. The first-order valence-electron chi connectivity index (χ1n) is 3.98. The van der Waals surface area contributed by atoms with Gasteiger partial charge in [-0.05, 0) is 40.8 Å². The van der Waals surface area contributed by atoms with Crippen molar-refractivity contribution >= 4 is 15.6 Å². The SMILES string of the molecule is CS1(c2ccc(O)cc2)C=CN=C1. The van der Waals surface area contributed by atoms with Crippen molar-refractivity contribution < 1.29 is 5.11 Å². The predicted molar refractivity (Wildman–Crippen MR) is 57.5 cm³/mol. The lowest BCUT2D eigenvalue weighted by atomic mass is 10.3. The molecule has 0 bridgehead atoms. The lowest BCUT2D eigenvalue weighted by molar-refractivity contribution is 0.475. The Balaban J connectivity index is 2.41. The topological polar surface area (TPSA) is 32.6 Å². The van der Waals surface area contributed by atoms with Crippen molar-refractivity contribution in [2.45, 2.75) is 4.90 Å². The largest absolute Gasteiger partial charge is 0.508 e. The highest BCUT2D eigenvalue weighted by Gasteiger charge is 2.17. The van der Waals surface area contributed by atoms with Crippen molar-refractivity contribution in [1.29, 1.82) is 0 Å². The number of aliphatic imine (C=N–C) groups is 1. The van der Waals surface area contributed by atoms with Gasteiger partial charge in [-0.3, -0.25) is 4.99 Å². The van der Waals surface area contributed by atoms with Gasteiger partial charge in [0.25, 0.3) is 0 Å². The van der Waals surface area contributed by atoms with E-state index in [9.17, 15) is 0 Å². The molecule has 3 heteroatoms. The Morgan fingerprint density at radius 2 is 1.92 bits per heavy atom. The molecule has 2 rings (SSSR count).